The third-order valence-electron chi connectivity index (χ3n) is 6.32. The van der Waals surface area contributed by atoms with Gasteiger partial charge in [-0.2, -0.15) is 0 Å². The molecule has 0 aromatic heterocycles. The topological polar surface area (TPSA) is 157 Å². The molecule has 0 unspecified atom stereocenters. The number of aromatic hydroxyl groups is 1. The maximum Gasteiger partial charge on any atom is 0.336 e. The Kier molecular flexibility index (Phi) is 9.25. The number of anilines is 1. The molecule has 1 heterocycles. The van der Waals surface area contributed by atoms with Crippen molar-refractivity contribution in [2.45, 2.75) is 38.5 Å². The molecule has 11 nitrogen and oxygen atoms in total. The number of carbonyl (C=O) groups is 2. The number of hydrogen-bond donors (Lipinski definition) is 3. The zero-order chi connectivity index (χ0) is 28.9. The normalized spacial score (nSPS) is 14.4. The van der Waals surface area contributed by atoms with Crippen LogP contribution in [0.3, 0.4) is 0 Å². The first kappa shape index (κ1) is 29.5. The highest BCUT2D eigenvalue weighted by Gasteiger charge is 2.40. The smallest absolute Gasteiger partial charge is 0.336 e. The van der Waals surface area contributed by atoms with E-state index in [1.54, 1.807) is 56.9 Å². The van der Waals surface area contributed by atoms with Crippen molar-refractivity contribution in [3.63, 3.8) is 0 Å². The molecule has 3 rings (SSSR count). The summed E-state index contributed by atoms with van der Waals surface area (Å²) in [5.41, 5.74) is 2.63. The highest BCUT2D eigenvalue weighted by Crippen LogP contribution is 2.44. The lowest BCUT2D eigenvalue weighted by atomic mass is 9.79. The van der Waals surface area contributed by atoms with Crippen LogP contribution in [0.1, 0.15) is 39.2 Å². The lowest BCUT2D eigenvalue weighted by Gasteiger charge is -2.38. The van der Waals surface area contributed by atoms with Crippen molar-refractivity contribution in [1.29, 1.82) is 0 Å². The molecule has 0 amide bonds. The predicted molar refractivity (Wildman–Crippen MR) is 144 cm³/mol. The molecular weight excluding hydrogens is 526 g/mol. The second-order valence-electron chi connectivity index (χ2n) is 8.64. The number of primary sulfonamides is 1. The number of nitrogens with two attached hydrogens (primary N) is 1. The Hall–Kier alpha value is -4.03. The number of sulfonamides is 1. The van der Waals surface area contributed by atoms with Gasteiger partial charge in [0.25, 0.3) is 0 Å². The van der Waals surface area contributed by atoms with Gasteiger partial charge in [0.2, 0.25) is 10.0 Å². The number of allylic oxidation sites excluding steroid dienone is 2. The van der Waals surface area contributed by atoms with Gasteiger partial charge in [-0.3, -0.25) is 0 Å². The van der Waals surface area contributed by atoms with Crippen LogP contribution >= 0.6 is 0 Å². The van der Waals surface area contributed by atoms with Crippen LogP contribution in [0.4, 0.5) is 5.69 Å². The van der Waals surface area contributed by atoms with E-state index in [9.17, 15) is 23.1 Å². The lowest BCUT2D eigenvalue weighted by Crippen LogP contribution is -2.37. The van der Waals surface area contributed by atoms with Crippen molar-refractivity contribution < 1.29 is 37.3 Å². The monoisotopic (exact) mass is 559 g/mol. The van der Waals surface area contributed by atoms with E-state index in [-0.39, 0.29) is 47.4 Å². The average Bonchev–Trinajstić information content (AvgIpc) is 2.88. The quantitative estimate of drug-likeness (QED) is 0.369. The largest absolute Gasteiger partial charge is 0.504 e. The van der Waals surface area contributed by atoms with Crippen LogP contribution in [0.15, 0.2) is 69.9 Å². The summed E-state index contributed by atoms with van der Waals surface area (Å²) >= 11 is 0. The Balaban J connectivity index is 2.13. The Morgan fingerprint density at radius 2 is 1.51 bits per heavy atom. The van der Waals surface area contributed by atoms with E-state index in [0.29, 0.717) is 22.6 Å². The molecule has 0 saturated carbocycles. The fourth-order valence-electron chi connectivity index (χ4n) is 4.43. The highest BCUT2D eigenvalue weighted by atomic mass is 32.2. The number of benzene rings is 2. The molecule has 2 aromatic carbocycles. The number of nitrogens with zero attached hydrogens (tertiary/aromatic N) is 1. The summed E-state index contributed by atoms with van der Waals surface area (Å²) in [6.45, 7) is 7.23. The maximum atomic E-state index is 13.3. The van der Waals surface area contributed by atoms with E-state index in [0.717, 1.165) is 0 Å². The van der Waals surface area contributed by atoms with E-state index >= 15 is 0 Å². The van der Waals surface area contributed by atoms with Gasteiger partial charge in [0.15, 0.2) is 11.5 Å². The van der Waals surface area contributed by atoms with Gasteiger partial charge >= 0.3 is 11.9 Å². The first-order chi connectivity index (χ1) is 18.4. The van der Waals surface area contributed by atoms with Crippen LogP contribution in [-0.2, 0) is 29.1 Å². The number of rotatable bonds is 10. The summed E-state index contributed by atoms with van der Waals surface area (Å²) in [4.78, 5) is 28.4. The summed E-state index contributed by atoms with van der Waals surface area (Å²) in [6, 6.07) is 10.5. The second-order valence-corrected chi connectivity index (χ2v) is 10.2. The first-order valence-electron chi connectivity index (χ1n) is 12.2. The molecule has 0 spiro atoms. The number of esters is 2. The van der Waals surface area contributed by atoms with Crippen molar-refractivity contribution in [2.75, 3.05) is 32.3 Å². The summed E-state index contributed by atoms with van der Waals surface area (Å²) in [6.07, 6.45) is 0. The van der Waals surface area contributed by atoms with E-state index < -0.39 is 27.9 Å². The number of carbonyl (C=O) groups excluding carboxylic acids is 2. The molecule has 1 aliphatic rings. The summed E-state index contributed by atoms with van der Waals surface area (Å²) in [5.74, 6) is -1.98. The standard InChI is InChI=1S/C27H33N3O8S/c1-6-37-26(32)23-16(3)30(15-29-19-9-11-20(12-10-19)39(28,34)35)17(4)24(27(33)38-7-2)25(23)18-8-13-21(31)22(14-18)36-5/h8-14,25,29,31H,6-7,15H2,1-5H3,(H2,28,34,35). The number of methoxy groups -OCH3 is 1. The fourth-order valence-corrected chi connectivity index (χ4v) is 4.95. The van der Waals surface area contributed by atoms with E-state index in [4.69, 9.17) is 19.3 Å². The third-order valence-corrected chi connectivity index (χ3v) is 7.25. The molecule has 210 valence electrons. The Morgan fingerprint density at radius 3 is 1.97 bits per heavy atom. The molecular formula is C27H33N3O8S. The van der Waals surface area contributed by atoms with Gasteiger partial charge in [-0.05, 0) is 69.7 Å². The van der Waals surface area contributed by atoms with Crippen molar-refractivity contribution in [2.24, 2.45) is 5.14 Å². The number of ether oxygens (including phenoxy) is 3. The van der Waals surface area contributed by atoms with Crippen LogP contribution in [0.2, 0.25) is 0 Å². The predicted octanol–water partition coefficient (Wildman–Crippen LogP) is 3.19. The average molecular weight is 560 g/mol. The van der Waals surface area contributed by atoms with Gasteiger partial charge in [0.05, 0.1) is 49.0 Å². The van der Waals surface area contributed by atoms with Gasteiger partial charge < -0.3 is 29.5 Å². The molecule has 0 saturated heterocycles. The van der Waals surface area contributed by atoms with Gasteiger partial charge in [0, 0.05) is 17.1 Å². The number of phenolic OH excluding ortho intramolecular Hbond substituents is 1. The Morgan fingerprint density at radius 1 is 0.974 bits per heavy atom. The minimum Gasteiger partial charge on any atom is -0.504 e. The van der Waals surface area contributed by atoms with Crippen molar-refractivity contribution in [1.82, 2.24) is 4.90 Å². The Bertz CT molecular complexity index is 1370. The summed E-state index contributed by atoms with van der Waals surface area (Å²) < 4.78 is 39.2. The SMILES string of the molecule is CCOC(=O)C1=C(C)N(CNc2ccc(S(N)(=O)=O)cc2)C(C)=C(C(=O)OCC)C1c1ccc(O)c(OC)c1. The maximum absolute atomic E-state index is 13.3. The van der Waals surface area contributed by atoms with Crippen LogP contribution < -0.4 is 15.2 Å². The minimum absolute atomic E-state index is 0.0282. The van der Waals surface area contributed by atoms with Crippen LogP contribution in [0, 0.1) is 0 Å². The van der Waals surface area contributed by atoms with Crippen LogP contribution in [0.25, 0.3) is 0 Å². The highest BCUT2D eigenvalue weighted by molar-refractivity contribution is 7.89. The van der Waals surface area contributed by atoms with Crippen LogP contribution in [0.5, 0.6) is 11.5 Å². The van der Waals surface area contributed by atoms with Crippen molar-refractivity contribution >= 4 is 27.6 Å². The second kappa shape index (κ2) is 12.2. The number of phenols is 1. The van der Waals surface area contributed by atoms with E-state index in [1.807, 2.05) is 0 Å². The molecule has 12 heteroatoms. The molecule has 0 atom stereocenters. The molecule has 39 heavy (non-hydrogen) atoms. The zero-order valence-corrected chi connectivity index (χ0v) is 23.3. The molecule has 4 N–H and O–H groups in total. The van der Waals surface area contributed by atoms with Gasteiger partial charge in [-0.15, -0.1) is 0 Å². The fraction of sp³-hybridized carbons (Fsp3) is 0.333. The molecule has 0 bridgehead atoms. The molecule has 1 aliphatic heterocycles. The number of hydrogen-bond acceptors (Lipinski definition) is 10. The van der Waals surface area contributed by atoms with Crippen LogP contribution in [-0.4, -0.2) is 57.4 Å². The summed E-state index contributed by atoms with van der Waals surface area (Å²) in [7, 11) is -2.43. The molecule has 0 aliphatic carbocycles. The minimum atomic E-state index is -3.84. The molecule has 0 fully saturated rings. The van der Waals surface area contributed by atoms with E-state index in [2.05, 4.69) is 5.32 Å². The van der Waals surface area contributed by atoms with Gasteiger partial charge in [-0.25, -0.2) is 23.1 Å². The lowest BCUT2D eigenvalue weighted by molar-refractivity contribution is -0.139. The van der Waals surface area contributed by atoms with E-state index in [1.165, 1.54) is 25.3 Å². The molecule has 0 radical (unpaired) electrons. The number of nitrogens with one attached hydrogen (secondary N) is 1. The van der Waals surface area contributed by atoms with Crippen molar-refractivity contribution in [3.8, 4) is 11.5 Å². The van der Waals surface area contributed by atoms with Gasteiger partial charge in [0.1, 0.15) is 0 Å². The summed E-state index contributed by atoms with van der Waals surface area (Å²) in [5, 5.41) is 18.5. The Labute approximate surface area is 227 Å². The van der Waals surface area contributed by atoms with Crippen molar-refractivity contribution in [3.05, 3.63) is 70.6 Å². The first-order valence-corrected chi connectivity index (χ1v) is 13.8. The molecule has 2 aromatic rings. The zero-order valence-electron chi connectivity index (χ0n) is 22.5. The van der Waals surface area contributed by atoms with Gasteiger partial charge in [-0.1, -0.05) is 6.07 Å². The third kappa shape index (κ3) is 6.35.